The van der Waals surface area contributed by atoms with Crippen LogP contribution in [-0.4, -0.2) is 53.6 Å². The lowest BCUT2D eigenvalue weighted by Crippen LogP contribution is -2.65. The molecule has 2 rings (SSSR count). The van der Waals surface area contributed by atoms with Gasteiger partial charge in [-0.15, -0.1) is 6.58 Å². The standard InChI is InChI=1S/C17H29NO4/c1-7-8-18-15(3,4)11-17(12-16(18,5)6)21-10-14(22-17)9-20-13(2)19/h7,14H,1,8-12H2,2-6H3. The minimum Gasteiger partial charge on any atom is -0.463 e. The first-order valence-corrected chi connectivity index (χ1v) is 7.94. The van der Waals surface area contributed by atoms with Crippen molar-refractivity contribution in [1.29, 1.82) is 0 Å². The summed E-state index contributed by atoms with van der Waals surface area (Å²) in [5, 5.41) is 0. The van der Waals surface area contributed by atoms with E-state index in [2.05, 4.69) is 39.2 Å². The molecule has 22 heavy (non-hydrogen) atoms. The van der Waals surface area contributed by atoms with Gasteiger partial charge in [0.2, 0.25) is 0 Å². The van der Waals surface area contributed by atoms with Crippen LogP contribution < -0.4 is 0 Å². The first-order chi connectivity index (χ1) is 10.1. The molecule has 1 unspecified atom stereocenters. The number of ether oxygens (including phenoxy) is 3. The van der Waals surface area contributed by atoms with Crippen LogP contribution in [0.3, 0.4) is 0 Å². The molecule has 2 heterocycles. The van der Waals surface area contributed by atoms with E-state index in [0.717, 1.165) is 19.4 Å². The summed E-state index contributed by atoms with van der Waals surface area (Å²) in [7, 11) is 0. The Kier molecular flexibility index (Phi) is 4.71. The molecule has 0 amide bonds. The summed E-state index contributed by atoms with van der Waals surface area (Å²) in [5.74, 6) is -0.874. The van der Waals surface area contributed by atoms with Crippen molar-refractivity contribution in [1.82, 2.24) is 4.90 Å². The Balaban J connectivity index is 2.11. The van der Waals surface area contributed by atoms with Gasteiger partial charge in [0.1, 0.15) is 12.7 Å². The topological polar surface area (TPSA) is 48.0 Å². The second-order valence-electron chi connectivity index (χ2n) is 7.64. The van der Waals surface area contributed by atoms with E-state index in [-0.39, 0.29) is 29.8 Å². The fourth-order valence-electron chi connectivity index (χ4n) is 4.11. The number of nitrogens with zero attached hydrogens (tertiary/aromatic N) is 1. The highest BCUT2D eigenvalue weighted by Gasteiger charge is 2.56. The van der Waals surface area contributed by atoms with Crippen LogP contribution in [0.4, 0.5) is 0 Å². The van der Waals surface area contributed by atoms with Crippen molar-refractivity contribution in [2.75, 3.05) is 19.8 Å². The van der Waals surface area contributed by atoms with Crippen molar-refractivity contribution in [3.05, 3.63) is 12.7 Å². The van der Waals surface area contributed by atoms with Gasteiger partial charge in [-0.2, -0.15) is 0 Å². The van der Waals surface area contributed by atoms with Crippen LogP contribution in [0.1, 0.15) is 47.5 Å². The van der Waals surface area contributed by atoms with Gasteiger partial charge < -0.3 is 14.2 Å². The average molecular weight is 311 g/mol. The zero-order chi connectivity index (χ0) is 16.6. The third-order valence-corrected chi connectivity index (χ3v) is 4.56. The zero-order valence-corrected chi connectivity index (χ0v) is 14.5. The Morgan fingerprint density at radius 2 is 1.91 bits per heavy atom. The van der Waals surface area contributed by atoms with Crippen LogP contribution in [0, 0.1) is 0 Å². The number of hydrogen-bond donors (Lipinski definition) is 0. The second kappa shape index (κ2) is 5.95. The molecule has 0 aromatic rings. The van der Waals surface area contributed by atoms with Gasteiger partial charge in [0.25, 0.3) is 0 Å². The minimum absolute atomic E-state index is 0.0632. The molecule has 0 saturated carbocycles. The summed E-state index contributed by atoms with van der Waals surface area (Å²) in [6.45, 7) is 15.7. The molecule has 1 atom stereocenters. The van der Waals surface area contributed by atoms with E-state index in [0.29, 0.717) is 6.61 Å². The highest BCUT2D eigenvalue weighted by atomic mass is 16.8. The minimum atomic E-state index is -0.588. The molecular weight excluding hydrogens is 282 g/mol. The molecule has 0 aromatic carbocycles. The highest BCUT2D eigenvalue weighted by molar-refractivity contribution is 5.65. The van der Waals surface area contributed by atoms with Crippen molar-refractivity contribution >= 4 is 5.97 Å². The van der Waals surface area contributed by atoms with Crippen LogP contribution in [-0.2, 0) is 19.0 Å². The summed E-state index contributed by atoms with van der Waals surface area (Å²) in [5.41, 5.74) is -0.126. The highest BCUT2D eigenvalue weighted by Crippen LogP contribution is 2.48. The van der Waals surface area contributed by atoms with E-state index in [1.54, 1.807) is 0 Å². The van der Waals surface area contributed by atoms with E-state index in [4.69, 9.17) is 14.2 Å². The zero-order valence-electron chi connectivity index (χ0n) is 14.5. The number of rotatable bonds is 4. The van der Waals surface area contributed by atoms with Crippen molar-refractivity contribution in [2.24, 2.45) is 0 Å². The van der Waals surface area contributed by atoms with Crippen LogP contribution in [0.2, 0.25) is 0 Å². The first kappa shape index (κ1) is 17.4. The summed E-state index contributed by atoms with van der Waals surface area (Å²) >= 11 is 0. The third-order valence-electron chi connectivity index (χ3n) is 4.56. The third kappa shape index (κ3) is 3.53. The maximum absolute atomic E-state index is 11.0. The van der Waals surface area contributed by atoms with Crippen molar-refractivity contribution in [3.8, 4) is 0 Å². The number of carbonyl (C=O) groups is 1. The molecule has 2 fully saturated rings. The fourth-order valence-corrected chi connectivity index (χ4v) is 4.11. The predicted octanol–water partition coefficient (Wildman–Crippen LogP) is 2.50. The number of piperidine rings is 1. The lowest BCUT2D eigenvalue weighted by molar-refractivity contribution is -0.246. The number of hydrogen-bond acceptors (Lipinski definition) is 5. The van der Waals surface area contributed by atoms with Gasteiger partial charge >= 0.3 is 5.97 Å². The molecule has 2 aliphatic rings. The molecule has 1 spiro atoms. The Bertz CT molecular complexity index is 426. The van der Waals surface area contributed by atoms with Gasteiger partial charge in [0, 0.05) is 37.4 Å². The largest absolute Gasteiger partial charge is 0.463 e. The number of esters is 1. The van der Waals surface area contributed by atoms with E-state index < -0.39 is 5.79 Å². The lowest BCUT2D eigenvalue weighted by atomic mass is 9.76. The molecule has 0 N–H and O–H groups in total. The molecular formula is C17H29NO4. The molecule has 2 aliphatic heterocycles. The quantitative estimate of drug-likeness (QED) is 0.590. The molecule has 5 nitrogen and oxygen atoms in total. The van der Waals surface area contributed by atoms with E-state index in [9.17, 15) is 4.79 Å². The lowest BCUT2D eigenvalue weighted by Gasteiger charge is -2.57. The molecule has 0 radical (unpaired) electrons. The van der Waals surface area contributed by atoms with E-state index in [1.807, 2.05) is 6.08 Å². The van der Waals surface area contributed by atoms with Gasteiger partial charge in [-0.25, -0.2) is 0 Å². The predicted molar refractivity (Wildman–Crippen MR) is 84.5 cm³/mol. The fraction of sp³-hybridized carbons (Fsp3) is 0.824. The Hall–Kier alpha value is -0.910. The van der Waals surface area contributed by atoms with Gasteiger partial charge in [-0.05, 0) is 27.7 Å². The van der Waals surface area contributed by atoms with E-state index in [1.165, 1.54) is 6.92 Å². The van der Waals surface area contributed by atoms with Crippen LogP contribution in [0.15, 0.2) is 12.7 Å². The number of carbonyl (C=O) groups excluding carboxylic acids is 1. The van der Waals surface area contributed by atoms with E-state index >= 15 is 0 Å². The average Bonchev–Trinajstić information content (AvgIpc) is 2.73. The molecule has 2 saturated heterocycles. The summed E-state index contributed by atoms with van der Waals surface area (Å²) < 4.78 is 17.3. The smallest absolute Gasteiger partial charge is 0.302 e. The normalized spacial score (nSPS) is 29.4. The second-order valence-corrected chi connectivity index (χ2v) is 7.64. The van der Waals surface area contributed by atoms with Crippen LogP contribution >= 0.6 is 0 Å². The monoisotopic (exact) mass is 311 g/mol. The first-order valence-electron chi connectivity index (χ1n) is 7.94. The number of likely N-dealkylation sites (tertiary alicyclic amines) is 1. The Labute approximate surface area is 133 Å². The van der Waals surface area contributed by atoms with Gasteiger partial charge in [-0.3, -0.25) is 9.69 Å². The SMILES string of the molecule is C=CCN1C(C)(C)CC2(CC1(C)C)OCC(COC(C)=O)O2. The van der Waals surface area contributed by atoms with Gasteiger partial charge in [0.05, 0.1) is 6.61 Å². The van der Waals surface area contributed by atoms with Crippen molar-refractivity contribution < 1.29 is 19.0 Å². The van der Waals surface area contributed by atoms with Crippen LogP contribution in [0.25, 0.3) is 0 Å². The Morgan fingerprint density at radius 1 is 1.32 bits per heavy atom. The van der Waals surface area contributed by atoms with Crippen molar-refractivity contribution in [3.63, 3.8) is 0 Å². The molecule has 0 aromatic heterocycles. The molecule has 0 bridgehead atoms. The van der Waals surface area contributed by atoms with Gasteiger partial charge in [0.15, 0.2) is 5.79 Å². The maximum Gasteiger partial charge on any atom is 0.302 e. The molecule has 0 aliphatic carbocycles. The summed E-state index contributed by atoms with van der Waals surface area (Å²) in [4.78, 5) is 13.4. The van der Waals surface area contributed by atoms with Gasteiger partial charge in [-0.1, -0.05) is 6.08 Å². The van der Waals surface area contributed by atoms with Crippen LogP contribution in [0.5, 0.6) is 0 Å². The molecule has 5 heteroatoms. The summed E-state index contributed by atoms with van der Waals surface area (Å²) in [6, 6.07) is 0. The van der Waals surface area contributed by atoms with Crippen molar-refractivity contribution in [2.45, 2.75) is 70.4 Å². The molecule has 126 valence electrons. The Morgan fingerprint density at radius 3 is 2.41 bits per heavy atom. The maximum atomic E-state index is 11.0. The summed E-state index contributed by atoms with van der Waals surface area (Å²) in [6.07, 6.45) is 3.34.